The van der Waals surface area contributed by atoms with E-state index < -0.39 is 0 Å². The maximum atomic E-state index is 5.63. The Labute approximate surface area is 100 Å². The molecule has 5 heteroatoms. The maximum Gasteiger partial charge on any atom is 0.491 e. The summed E-state index contributed by atoms with van der Waals surface area (Å²) < 4.78 is 11.1. The average Bonchev–Trinajstić information content (AvgIpc) is 2.65. The van der Waals surface area contributed by atoms with Gasteiger partial charge in [-0.05, 0) is 39.2 Å². The third-order valence-electron chi connectivity index (χ3n) is 1.75. The summed E-state index contributed by atoms with van der Waals surface area (Å²) in [5.74, 6) is 0. The molecule has 4 nitrogen and oxygen atoms in total. The Morgan fingerprint density at radius 1 is 1.44 bits per heavy atom. The molecule has 0 aromatic rings. The van der Waals surface area contributed by atoms with Crippen molar-refractivity contribution in [3.8, 4) is 0 Å². The summed E-state index contributed by atoms with van der Waals surface area (Å²) in [7, 11) is 1.69. The Morgan fingerprint density at radius 2 is 1.94 bits per heavy atom. The maximum absolute atomic E-state index is 5.63. The van der Waals surface area contributed by atoms with Crippen LogP contribution in [-0.2, 0) is 9.31 Å². The molecule has 0 radical (unpaired) electrons. The molecule has 0 saturated carbocycles. The quantitative estimate of drug-likeness (QED) is 0.563. The van der Waals surface area contributed by atoms with Crippen molar-refractivity contribution in [2.45, 2.75) is 40.2 Å². The van der Waals surface area contributed by atoms with E-state index >= 15 is 0 Å². The highest BCUT2D eigenvalue weighted by Gasteiger charge is 2.37. The summed E-state index contributed by atoms with van der Waals surface area (Å²) in [4.78, 5) is 0. The van der Waals surface area contributed by atoms with E-state index in [1.807, 2.05) is 47.9 Å². The van der Waals surface area contributed by atoms with Gasteiger partial charge in [-0.15, -0.1) is 0 Å². The highest BCUT2D eigenvalue weighted by Crippen LogP contribution is 2.22. The fourth-order valence-electron chi connectivity index (χ4n) is 1.15. The van der Waals surface area contributed by atoms with E-state index in [4.69, 9.17) is 14.7 Å². The van der Waals surface area contributed by atoms with E-state index in [0.29, 0.717) is 6.61 Å². The molecule has 1 rings (SSSR count). The third-order valence-corrected chi connectivity index (χ3v) is 1.75. The van der Waals surface area contributed by atoms with Gasteiger partial charge in [-0.25, -0.2) is 0 Å². The van der Waals surface area contributed by atoms with Crippen LogP contribution >= 0.6 is 0 Å². The first-order valence-electron chi connectivity index (χ1n) is 5.54. The first-order valence-corrected chi connectivity index (χ1v) is 5.54. The van der Waals surface area contributed by atoms with E-state index in [1.165, 1.54) is 0 Å². The van der Waals surface area contributed by atoms with E-state index in [2.05, 4.69) is 12.0 Å². The Balaban J connectivity index is 0. The molecule has 0 aromatic carbocycles. The van der Waals surface area contributed by atoms with Gasteiger partial charge in [0.2, 0.25) is 0 Å². The van der Waals surface area contributed by atoms with Crippen LogP contribution in [0.15, 0.2) is 11.7 Å². The predicted molar refractivity (Wildman–Crippen MR) is 70.9 cm³/mol. The largest absolute Gasteiger partial charge is 0.491 e. The molecular weight excluding hydrogens is 203 g/mol. The second-order valence-corrected chi connectivity index (χ2v) is 3.70. The number of allylic oxidation sites excluding steroid dienone is 1. The standard InChI is InChI=1S/C8H16BNO2.C2H6.CH3N/c1-7(5-10-4)9-11-6-8(2,3)12-9;2*1-2/h5,10H,6H2,1-4H3;1-2H3;2H,1H2/b7-5+;;. The van der Waals surface area contributed by atoms with Gasteiger partial charge in [0.15, 0.2) is 0 Å². The van der Waals surface area contributed by atoms with Crippen LogP contribution in [0.5, 0.6) is 0 Å². The summed E-state index contributed by atoms with van der Waals surface area (Å²) in [5, 5.41) is 8.45. The molecule has 0 spiro atoms. The molecule has 0 aliphatic carbocycles. The summed E-state index contributed by atoms with van der Waals surface area (Å²) >= 11 is 0. The summed E-state index contributed by atoms with van der Waals surface area (Å²) in [6, 6.07) is 0. The van der Waals surface area contributed by atoms with Crippen molar-refractivity contribution in [1.82, 2.24) is 5.32 Å². The van der Waals surface area contributed by atoms with Crippen LogP contribution in [0.25, 0.3) is 0 Å². The number of hydrogen-bond donors (Lipinski definition) is 2. The van der Waals surface area contributed by atoms with Gasteiger partial charge in [0.25, 0.3) is 0 Å². The van der Waals surface area contributed by atoms with E-state index in [-0.39, 0.29) is 12.7 Å². The molecule has 94 valence electrons. The smallest absolute Gasteiger partial charge is 0.405 e. The molecule has 2 N–H and O–H groups in total. The zero-order valence-corrected chi connectivity index (χ0v) is 11.4. The van der Waals surface area contributed by atoms with Crippen LogP contribution in [0.1, 0.15) is 34.6 Å². The van der Waals surface area contributed by atoms with Gasteiger partial charge in [-0.1, -0.05) is 13.8 Å². The van der Waals surface area contributed by atoms with Crippen molar-refractivity contribution >= 4 is 13.8 Å². The molecule has 0 aromatic heterocycles. The van der Waals surface area contributed by atoms with Gasteiger partial charge in [-0.2, -0.15) is 0 Å². The molecule has 0 unspecified atom stereocenters. The Morgan fingerprint density at radius 3 is 2.25 bits per heavy atom. The summed E-state index contributed by atoms with van der Waals surface area (Å²) in [6.07, 6.45) is 1.89. The van der Waals surface area contributed by atoms with Crippen molar-refractivity contribution < 1.29 is 9.31 Å². The van der Waals surface area contributed by atoms with Gasteiger partial charge in [-0.3, -0.25) is 0 Å². The molecule has 1 fully saturated rings. The SMILES string of the molecule is C=N.CC.CN/C=C(\C)B1OCC(C)(C)O1. The molecule has 0 bridgehead atoms. The lowest BCUT2D eigenvalue weighted by Crippen LogP contribution is -2.25. The second-order valence-electron chi connectivity index (χ2n) is 3.70. The lowest BCUT2D eigenvalue weighted by atomic mass is 9.80. The van der Waals surface area contributed by atoms with Crippen molar-refractivity contribution in [3.63, 3.8) is 0 Å². The van der Waals surface area contributed by atoms with E-state index in [0.717, 1.165) is 5.47 Å². The highest BCUT2D eigenvalue weighted by atomic mass is 16.7. The van der Waals surface area contributed by atoms with Crippen LogP contribution in [-0.4, -0.2) is 33.1 Å². The van der Waals surface area contributed by atoms with Crippen LogP contribution < -0.4 is 5.32 Å². The molecule has 1 aliphatic rings. The first-order chi connectivity index (χ1) is 7.55. The summed E-state index contributed by atoms with van der Waals surface area (Å²) in [5.41, 5.74) is 0.927. The minimum Gasteiger partial charge on any atom is -0.405 e. The average molecular weight is 228 g/mol. The van der Waals surface area contributed by atoms with Crippen LogP contribution in [0.4, 0.5) is 0 Å². The van der Waals surface area contributed by atoms with Crippen LogP contribution in [0, 0.1) is 5.41 Å². The van der Waals surface area contributed by atoms with Gasteiger partial charge in [0.05, 0.1) is 12.2 Å². The molecule has 1 aliphatic heterocycles. The lowest BCUT2D eigenvalue weighted by Gasteiger charge is -2.15. The number of nitrogens with one attached hydrogen (secondary N) is 2. The van der Waals surface area contributed by atoms with Crippen LogP contribution in [0.2, 0.25) is 0 Å². The summed E-state index contributed by atoms with van der Waals surface area (Å²) in [6.45, 7) is 13.2. The molecule has 16 heavy (non-hydrogen) atoms. The predicted octanol–water partition coefficient (Wildman–Crippen LogP) is 2.25. The minimum atomic E-state index is -0.174. The van der Waals surface area contributed by atoms with Crippen molar-refractivity contribution in [2.75, 3.05) is 13.7 Å². The van der Waals surface area contributed by atoms with Crippen molar-refractivity contribution in [1.29, 1.82) is 5.41 Å². The Hall–Kier alpha value is -0.805. The molecule has 1 saturated heterocycles. The normalized spacial score (nSPS) is 17.9. The van der Waals surface area contributed by atoms with E-state index in [1.54, 1.807) is 0 Å². The Kier molecular flexibility index (Phi) is 10.4. The molecule has 0 amide bonds. The van der Waals surface area contributed by atoms with E-state index in [9.17, 15) is 0 Å². The van der Waals surface area contributed by atoms with Crippen molar-refractivity contribution in [2.24, 2.45) is 0 Å². The lowest BCUT2D eigenvalue weighted by molar-refractivity contribution is 0.136. The highest BCUT2D eigenvalue weighted by molar-refractivity contribution is 6.54. The monoisotopic (exact) mass is 228 g/mol. The first kappa shape index (κ1) is 17.6. The zero-order chi connectivity index (χ0) is 13.2. The fraction of sp³-hybridized carbons (Fsp3) is 0.727. The van der Waals surface area contributed by atoms with Gasteiger partial charge < -0.3 is 20.0 Å². The minimum absolute atomic E-state index is 0.145. The molecule has 1 heterocycles. The topological polar surface area (TPSA) is 54.3 Å². The van der Waals surface area contributed by atoms with Crippen LogP contribution in [0.3, 0.4) is 0 Å². The number of hydrogen-bond acceptors (Lipinski definition) is 4. The molecule has 0 atom stereocenters. The zero-order valence-electron chi connectivity index (χ0n) is 11.4. The second kappa shape index (κ2) is 9.42. The fourth-order valence-corrected chi connectivity index (χ4v) is 1.15. The Bertz CT molecular complexity index is 208. The molecular formula is C11H25BN2O2. The van der Waals surface area contributed by atoms with Gasteiger partial charge in [0, 0.05) is 7.05 Å². The number of rotatable bonds is 2. The van der Waals surface area contributed by atoms with Gasteiger partial charge in [0.1, 0.15) is 0 Å². The van der Waals surface area contributed by atoms with Crippen molar-refractivity contribution in [3.05, 3.63) is 11.7 Å². The van der Waals surface area contributed by atoms with Gasteiger partial charge >= 0.3 is 7.12 Å². The third kappa shape index (κ3) is 6.64.